The van der Waals surface area contributed by atoms with Crippen molar-refractivity contribution in [3.63, 3.8) is 0 Å². The minimum Gasteiger partial charge on any atom is -0.452 e. The van der Waals surface area contributed by atoms with E-state index in [1.165, 1.54) is 27.3 Å². The Hall–Kier alpha value is -5.15. The van der Waals surface area contributed by atoms with E-state index >= 15 is 0 Å². The summed E-state index contributed by atoms with van der Waals surface area (Å²) in [6.45, 7) is 0. The van der Waals surface area contributed by atoms with Crippen LogP contribution in [0.25, 0.3) is 49.2 Å². The predicted molar refractivity (Wildman–Crippen MR) is 168 cm³/mol. The van der Waals surface area contributed by atoms with Crippen molar-refractivity contribution in [2.24, 2.45) is 0 Å². The van der Waals surface area contributed by atoms with E-state index in [1.54, 1.807) is 0 Å². The molecule has 0 radical (unpaired) electrons. The molecule has 2 heterocycles. The molecule has 5 aromatic carbocycles. The quantitative estimate of drug-likeness (QED) is 0.234. The Morgan fingerprint density at radius 2 is 1.48 bits per heavy atom. The van der Waals surface area contributed by atoms with Crippen molar-refractivity contribution in [1.82, 2.24) is 4.98 Å². The molecule has 0 atom stereocenters. The number of furan rings is 1. The molecule has 1 aliphatic carbocycles. The summed E-state index contributed by atoms with van der Waals surface area (Å²) in [5.41, 5.74) is 8.27. The van der Waals surface area contributed by atoms with Crippen LogP contribution < -0.4 is 4.90 Å². The first-order chi connectivity index (χ1) is 19.8. The Kier molecular flexibility index (Phi) is 5.27. The minimum absolute atomic E-state index is 0.784. The Labute approximate surface area is 232 Å². The van der Waals surface area contributed by atoms with Crippen molar-refractivity contribution in [2.75, 3.05) is 4.90 Å². The van der Waals surface area contributed by atoms with Crippen LogP contribution in [0, 0.1) is 0 Å². The third-order valence-electron chi connectivity index (χ3n) is 7.97. The molecule has 0 fully saturated rings. The molecule has 0 bridgehead atoms. The summed E-state index contributed by atoms with van der Waals surface area (Å²) in [6, 6.07) is 38.7. The Morgan fingerprint density at radius 1 is 0.700 bits per heavy atom. The normalized spacial score (nSPS) is 13.3. The zero-order valence-corrected chi connectivity index (χ0v) is 21.9. The second-order valence-electron chi connectivity index (χ2n) is 10.3. The largest absolute Gasteiger partial charge is 0.452 e. The van der Waals surface area contributed by atoms with Gasteiger partial charge in [-0.2, -0.15) is 0 Å². The van der Waals surface area contributed by atoms with Gasteiger partial charge in [-0.15, -0.1) is 0 Å². The van der Waals surface area contributed by atoms with Gasteiger partial charge in [-0.25, -0.2) is 0 Å². The SMILES string of the molecule is C1=CCCC(c2ccc(N(c3ccc4ccccc4c3)c3ccnc4c3oc3ccc5ccccc5c34)cc2)=C1. The third-order valence-corrected chi connectivity index (χ3v) is 7.97. The van der Waals surface area contributed by atoms with Crippen LogP contribution in [0.4, 0.5) is 17.1 Å². The summed E-state index contributed by atoms with van der Waals surface area (Å²) < 4.78 is 6.60. The third kappa shape index (κ3) is 3.70. The van der Waals surface area contributed by atoms with Crippen molar-refractivity contribution in [1.29, 1.82) is 0 Å². The van der Waals surface area contributed by atoms with Crippen LogP contribution in [-0.4, -0.2) is 4.98 Å². The summed E-state index contributed by atoms with van der Waals surface area (Å²) in [6.07, 6.45) is 10.7. The molecular formula is C37H26N2O. The molecule has 40 heavy (non-hydrogen) atoms. The van der Waals surface area contributed by atoms with Crippen molar-refractivity contribution in [2.45, 2.75) is 12.8 Å². The monoisotopic (exact) mass is 514 g/mol. The Morgan fingerprint density at radius 3 is 2.33 bits per heavy atom. The van der Waals surface area contributed by atoms with Crippen LogP contribution in [0.15, 0.2) is 138 Å². The second-order valence-corrected chi connectivity index (χ2v) is 10.3. The number of allylic oxidation sites excluding steroid dienone is 4. The smallest absolute Gasteiger partial charge is 0.177 e. The number of rotatable bonds is 4. The first kappa shape index (κ1) is 22.8. The lowest BCUT2D eigenvalue weighted by atomic mass is 9.97. The average Bonchev–Trinajstić information content (AvgIpc) is 3.42. The number of hydrogen-bond donors (Lipinski definition) is 0. The van der Waals surface area contributed by atoms with Crippen LogP contribution in [-0.2, 0) is 0 Å². The van der Waals surface area contributed by atoms with E-state index in [0.29, 0.717) is 0 Å². The van der Waals surface area contributed by atoms with Gasteiger partial charge in [-0.3, -0.25) is 4.98 Å². The van der Waals surface area contributed by atoms with Crippen LogP contribution in [0.5, 0.6) is 0 Å². The zero-order chi connectivity index (χ0) is 26.5. The Balaban J connectivity index is 1.36. The standard InChI is InChI=1S/C37H26N2O/c1-2-8-25(9-3-1)27-14-18-30(19-15-27)39(31-20-16-26-10-4-5-12-29(26)24-31)33-22-23-38-36-35-32-13-7-6-11-28(32)17-21-34(35)40-37(33)36/h1-2,4-8,10-24H,3,9H2. The first-order valence-electron chi connectivity index (χ1n) is 13.8. The van der Waals surface area contributed by atoms with Crippen LogP contribution in [0.2, 0.25) is 0 Å². The van der Waals surface area contributed by atoms with Crippen molar-refractivity contribution in [3.8, 4) is 0 Å². The lowest BCUT2D eigenvalue weighted by Gasteiger charge is -2.26. The molecular weight excluding hydrogens is 488 g/mol. The van der Waals surface area contributed by atoms with E-state index in [9.17, 15) is 0 Å². The number of anilines is 3. The van der Waals surface area contributed by atoms with Gasteiger partial charge >= 0.3 is 0 Å². The van der Waals surface area contributed by atoms with E-state index in [-0.39, 0.29) is 0 Å². The van der Waals surface area contributed by atoms with Gasteiger partial charge < -0.3 is 9.32 Å². The predicted octanol–water partition coefficient (Wildman–Crippen LogP) is 10.5. The molecule has 190 valence electrons. The van der Waals surface area contributed by atoms with Gasteiger partial charge in [0.15, 0.2) is 5.58 Å². The maximum absolute atomic E-state index is 6.60. The average molecular weight is 515 g/mol. The first-order valence-corrected chi connectivity index (χ1v) is 13.8. The molecule has 0 saturated carbocycles. The Bertz CT molecular complexity index is 2110. The molecule has 0 N–H and O–H groups in total. The van der Waals surface area contributed by atoms with Crippen LogP contribution in [0.3, 0.4) is 0 Å². The van der Waals surface area contributed by atoms with Gasteiger partial charge in [-0.05, 0) is 81.9 Å². The molecule has 3 heteroatoms. The van der Waals surface area contributed by atoms with E-state index in [1.807, 2.05) is 6.20 Å². The summed E-state index contributed by atoms with van der Waals surface area (Å²) in [5, 5.41) is 5.80. The molecule has 0 saturated heterocycles. The molecule has 0 unspecified atom stereocenters. The summed E-state index contributed by atoms with van der Waals surface area (Å²) in [5.74, 6) is 0. The van der Waals surface area contributed by atoms with Gasteiger partial charge in [0.05, 0.1) is 11.1 Å². The van der Waals surface area contributed by atoms with Crippen LogP contribution >= 0.6 is 0 Å². The summed E-state index contributed by atoms with van der Waals surface area (Å²) in [4.78, 5) is 7.13. The fourth-order valence-corrected chi connectivity index (χ4v) is 5.99. The van der Waals surface area contributed by atoms with Crippen molar-refractivity contribution in [3.05, 3.63) is 139 Å². The van der Waals surface area contributed by atoms with Gasteiger partial charge in [-0.1, -0.05) is 91.0 Å². The van der Waals surface area contributed by atoms with Crippen LogP contribution in [0.1, 0.15) is 18.4 Å². The van der Waals surface area contributed by atoms with E-state index in [4.69, 9.17) is 9.40 Å². The fourth-order valence-electron chi connectivity index (χ4n) is 5.99. The minimum atomic E-state index is 0.784. The highest BCUT2D eigenvalue weighted by atomic mass is 16.3. The van der Waals surface area contributed by atoms with E-state index in [2.05, 4.69) is 132 Å². The second kappa shape index (κ2) is 9.25. The molecule has 3 nitrogen and oxygen atoms in total. The number of nitrogens with zero attached hydrogens (tertiary/aromatic N) is 2. The molecule has 0 amide bonds. The van der Waals surface area contributed by atoms with Crippen molar-refractivity contribution >= 4 is 66.2 Å². The highest BCUT2D eigenvalue weighted by Crippen LogP contribution is 2.43. The summed E-state index contributed by atoms with van der Waals surface area (Å²) in [7, 11) is 0. The highest BCUT2D eigenvalue weighted by molar-refractivity contribution is 6.19. The highest BCUT2D eigenvalue weighted by Gasteiger charge is 2.21. The molecule has 8 rings (SSSR count). The topological polar surface area (TPSA) is 29.3 Å². The van der Waals surface area contributed by atoms with Gasteiger partial charge in [0.2, 0.25) is 0 Å². The van der Waals surface area contributed by atoms with Gasteiger partial charge in [0.1, 0.15) is 11.1 Å². The molecule has 0 aliphatic heterocycles. The maximum atomic E-state index is 6.60. The molecule has 0 spiro atoms. The number of hydrogen-bond acceptors (Lipinski definition) is 3. The molecule has 7 aromatic rings. The lowest BCUT2D eigenvalue weighted by molar-refractivity contribution is 0.668. The van der Waals surface area contributed by atoms with E-state index < -0.39 is 0 Å². The van der Waals surface area contributed by atoms with Gasteiger partial charge in [0.25, 0.3) is 0 Å². The van der Waals surface area contributed by atoms with Crippen molar-refractivity contribution < 1.29 is 4.42 Å². The maximum Gasteiger partial charge on any atom is 0.177 e. The number of benzene rings is 5. The van der Waals surface area contributed by atoms with Gasteiger partial charge in [0, 0.05) is 17.6 Å². The molecule has 1 aliphatic rings. The fraction of sp³-hybridized carbons (Fsp3) is 0.0541. The summed E-state index contributed by atoms with van der Waals surface area (Å²) >= 11 is 0. The number of fused-ring (bicyclic) bond motifs is 6. The molecule has 2 aromatic heterocycles. The number of aromatic nitrogens is 1. The zero-order valence-electron chi connectivity index (χ0n) is 21.9. The van der Waals surface area contributed by atoms with E-state index in [0.717, 1.165) is 57.4 Å². The lowest BCUT2D eigenvalue weighted by Crippen LogP contribution is -2.10. The number of pyridine rings is 1.